The molecule has 1 unspecified atom stereocenters. The largest absolute Gasteiger partial charge is 0.430 e. The average Bonchev–Trinajstić information content (AvgIpc) is 2.30. The number of hydrogen-bond acceptors (Lipinski definition) is 2. The minimum atomic E-state index is -4.84. The van der Waals surface area contributed by atoms with Crippen LogP contribution in [-0.4, -0.2) is 26.2 Å². The van der Waals surface area contributed by atoms with Crippen molar-refractivity contribution in [3.8, 4) is 0 Å². The van der Waals surface area contributed by atoms with Gasteiger partial charge in [0.15, 0.2) is 0 Å². The standard InChI is InChI=1S/C11H12F3NO2/c1-15-9(16)10(17-2,11(12,13)14)8-6-4-3-5-7-8/h3-7H,1-2H3,(H,15,16). The van der Waals surface area contributed by atoms with E-state index >= 15 is 0 Å². The lowest BCUT2D eigenvalue weighted by atomic mass is 9.91. The highest BCUT2D eigenvalue weighted by molar-refractivity contribution is 5.87. The third kappa shape index (κ3) is 2.12. The van der Waals surface area contributed by atoms with Gasteiger partial charge in [0.25, 0.3) is 11.5 Å². The smallest absolute Gasteiger partial charge is 0.356 e. The molecule has 0 spiro atoms. The van der Waals surface area contributed by atoms with Crippen LogP contribution in [-0.2, 0) is 15.1 Å². The van der Waals surface area contributed by atoms with Gasteiger partial charge in [0, 0.05) is 19.7 Å². The molecule has 17 heavy (non-hydrogen) atoms. The number of methoxy groups -OCH3 is 1. The zero-order valence-corrected chi connectivity index (χ0v) is 9.34. The highest BCUT2D eigenvalue weighted by Gasteiger charge is 2.62. The molecule has 1 atom stereocenters. The predicted molar refractivity (Wildman–Crippen MR) is 55.3 cm³/mol. The van der Waals surface area contributed by atoms with Crippen molar-refractivity contribution in [1.82, 2.24) is 5.32 Å². The number of ether oxygens (including phenoxy) is 1. The lowest BCUT2D eigenvalue weighted by Crippen LogP contribution is -2.55. The number of halogens is 3. The number of carbonyl (C=O) groups is 1. The number of hydrogen-bond donors (Lipinski definition) is 1. The normalized spacial score (nSPS) is 15.1. The van der Waals surface area contributed by atoms with Crippen molar-refractivity contribution in [1.29, 1.82) is 0 Å². The van der Waals surface area contributed by atoms with E-state index in [-0.39, 0.29) is 5.56 Å². The van der Waals surface area contributed by atoms with Crippen LogP contribution in [0.3, 0.4) is 0 Å². The molecule has 0 saturated carbocycles. The second-order valence-corrected chi connectivity index (χ2v) is 3.33. The number of amides is 1. The van der Waals surface area contributed by atoms with Crippen molar-refractivity contribution >= 4 is 5.91 Å². The number of carbonyl (C=O) groups excluding carboxylic acids is 1. The van der Waals surface area contributed by atoms with Crippen molar-refractivity contribution in [2.24, 2.45) is 0 Å². The molecule has 0 fully saturated rings. The van der Waals surface area contributed by atoms with Crippen LogP contribution in [0.15, 0.2) is 30.3 Å². The number of nitrogens with one attached hydrogen (secondary N) is 1. The first-order chi connectivity index (χ1) is 7.90. The minimum Gasteiger partial charge on any atom is -0.356 e. The zero-order valence-electron chi connectivity index (χ0n) is 9.34. The summed E-state index contributed by atoms with van der Waals surface area (Å²) in [6, 6.07) is 6.79. The Morgan fingerprint density at radius 3 is 2.12 bits per heavy atom. The molecule has 1 amide bonds. The Labute approximate surface area is 96.6 Å². The molecule has 1 aromatic carbocycles. The monoisotopic (exact) mass is 247 g/mol. The van der Waals surface area contributed by atoms with Gasteiger partial charge in [0.2, 0.25) is 0 Å². The fourth-order valence-electron chi connectivity index (χ4n) is 1.60. The lowest BCUT2D eigenvalue weighted by Gasteiger charge is -2.32. The summed E-state index contributed by atoms with van der Waals surface area (Å²) in [6.07, 6.45) is -4.84. The Hall–Kier alpha value is -1.56. The maximum absolute atomic E-state index is 13.1. The molecule has 1 N–H and O–H groups in total. The molecule has 0 heterocycles. The molecule has 1 aromatic rings. The average molecular weight is 247 g/mol. The molecular weight excluding hydrogens is 235 g/mol. The number of benzene rings is 1. The van der Waals surface area contributed by atoms with Crippen LogP contribution in [0.25, 0.3) is 0 Å². The molecule has 0 bridgehead atoms. The van der Waals surface area contributed by atoms with Crippen molar-refractivity contribution in [3.05, 3.63) is 35.9 Å². The van der Waals surface area contributed by atoms with Gasteiger partial charge in [-0.15, -0.1) is 0 Å². The van der Waals surface area contributed by atoms with Crippen molar-refractivity contribution < 1.29 is 22.7 Å². The zero-order chi connectivity index (χ0) is 13.1. The van der Waals surface area contributed by atoms with E-state index in [0.717, 1.165) is 14.2 Å². The Morgan fingerprint density at radius 2 is 1.76 bits per heavy atom. The van der Waals surface area contributed by atoms with Crippen LogP contribution in [0.5, 0.6) is 0 Å². The number of alkyl halides is 3. The second kappa shape index (κ2) is 4.75. The first-order valence-corrected chi connectivity index (χ1v) is 4.79. The van der Waals surface area contributed by atoms with Crippen LogP contribution in [0.2, 0.25) is 0 Å². The number of rotatable bonds is 3. The first-order valence-electron chi connectivity index (χ1n) is 4.79. The summed E-state index contributed by atoms with van der Waals surface area (Å²) in [4.78, 5) is 11.6. The van der Waals surface area contributed by atoms with E-state index in [1.807, 2.05) is 5.32 Å². The van der Waals surface area contributed by atoms with E-state index in [9.17, 15) is 18.0 Å². The van der Waals surface area contributed by atoms with Gasteiger partial charge >= 0.3 is 6.18 Å². The molecule has 0 aliphatic heterocycles. The molecule has 0 saturated heterocycles. The van der Waals surface area contributed by atoms with E-state index < -0.39 is 17.7 Å². The summed E-state index contributed by atoms with van der Waals surface area (Å²) >= 11 is 0. The fraction of sp³-hybridized carbons (Fsp3) is 0.364. The maximum atomic E-state index is 13.1. The van der Waals surface area contributed by atoms with Crippen molar-refractivity contribution in [2.45, 2.75) is 11.8 Å². The van der Waals surface area contributed by atoms with E-state index in [2.05, 4.69) is 4.74 Å². The third-order valence-corrected chi connectivity index (χ3v) is 2.43. The summed E-state index contributed by atoms with van der Waals surface area (Å²) in [5, 5.41) is 1.98. The summed E-state index contributed by atoms with van der Waals surface area (Å²) in [5.41, 5.74) is -3.22. The van der Waals surface area contributed by atoms with Gasteiger partial charge in [-0.1, -0.05) is 30.3 Å². The molecule has 1 rings (SSSR count). The summed E-state index contributed by atoms with van der Waals surface area (Å²) in [5.74, 6) is -1.25. The van der Waals surface area contributed by atoms with Crippen LogP contribution in [0.4, 0.5) is 13.2 Å². The van der Waals surface area contributed by atoms with Crippen LogP contribution in [0, 0.1) is 0 Å². The van der Waals surface area contributed by atoms with Gasteiger partial charge in [-0.3, -0.25) is 4.79 Å². The second-order valence-electron chi connectivity index (χ2n) is 3.33. The van der Waals surface area contributed by atoms with Gasteiger partial charge in [-0.05, 0) is 0 Å². The third-order valence-electron chi connectivity index (χ3n) is 2.43. The van der Waals surface area contributed by atoms with E-state index in [1.54, 1.807) is 6.07 Å². The van der Waals surface area contributed by atoms with E-state index in [1.165, 1.54) is 24.3 Å². The van der Waals surface area contributed by atoms with Gasteiger partial charge in [0.05, 0.1) is 0 Å². The molecule has 0 aromatic heterocycles. The van der Waals surface area contributed by atoms with Crippen LogP contribution in [0.1, 0.15) is 5.56 Å². The van der Waals surface area contributed by atoms with Crippen LogP contribution < -0.4 is 5.32 Å². The highest BCUT2D eigenvalue weighted by atomic mass is 19.4. The fourth-order valence-corrected chi connectivity index (χ4v) is 1.60. The topological polar surface area (TPSA) is 38.3 Å². The highest BCUT2D eigenvalue weighted by Crippen LogP contribution is 2.41. The quantitative estimate of drug-likeness (QED) is 0.885. The molecule has 0 radical (unpaired) electrons. The summed E-state index contributed by atoms with van der Waals surface area (Å²) in [7, 11) is 1.99. The Kier molecular flexibility index (Phi) is 3.77. The van der Waals surface area contributed by atoms with E-state index in [4.69, 9.17) is 0 Å². The molecule has 0 aliphatic carbocycles. The van der Waals surface area contributed by atoms with Gasteiger partial charge < -0.3 is 10.1 Å². The molecule has 94 valence electrons. The SMILES string of the molecule is CNC(=O)C(OC)(c1ccccc1)C(F)(F)F. The van der Waals surface area contributed by atoms with Gasteiger partial charge in [0.1, 0.15) is 0 Å². The van der Waals surface area contributed by atoms with Crippen LogP contribution >= 0.6 is 0 Å². The number of likely N-dealkylation sites (N-methyl/N-ethyl adjacent to an activating group) is 1. The lowest BCUT2D eigenvalue weighted by molar-refractivity contribution is -0.265. The summed E-state index contributed by atoms with van der Waals surface area (Å²) in [6.45, 7) is 0. The Balaban J connectivity index is 3.43. The van der Waals surface area contributed by atoms with Gasteiger partial charge in [-0.2, -0.15) is 13.2 Å². The minimum absolute atomic E-state index is 0.255. The molecule has 0 aliphatic rings. The maximum Gasteiger partial charge on any atom is 0.430 e. The molecule has 6 heteroatoms. The Bertz CT molecular complexity index is 391. The van der Waals surface area contributed by atoms with E-state index in [0.29, 0.717) is 0 Å². The van der Waals surface area contributed by atoms with Crippen molar-refractivity contribution in [2.75, 3.05) is 14.2 Å². The molecular formula is C11H12F3NO2. The van der Waals surface area contributed by atoms with Gasteiger partial charge in [-0.25, -0.2) is 0 Å². The van der Waals surface area contributed by atoms with Crippen molar-refractivity contribution in [3.63, 3.8) is 0 Å². The predicted octanol–water partition coefficient (Wildman–Crippen LogP) is 1.84. The summed E-state index contributed by atoms with van der Waals surface area (Å²) < 4.78 is 43.8. The Morgan fingerprint density at radius 1 is 1.24 bits per heavy atom. The first kappa shape index (κ1) is 13.5. The molecule has 3 nitrogen and oxygen atoms in total.